The van der Waals surface area contributed by atoms with E-state index < -0.39 is 0 Å². The Kier molecular flexibility index (Phi) is 7.01. The van der Waals surface area contributed by atoms with Gasteiger partial charge in [-0.2, -0.15) is 0 Å². The number of amides is 2. The van der Waals surface area contributed by atoms with Gasteiger partial charge >= 0.3 is 0 Å². The molecule has 3 rings (SSSR count). The van der Waals surface area contributed by atoms with Crippen molar-refractivity contribution in [3.05, 3.63) is 11.4 Å². The Morgan fingerprint density at radius 2 is 1.75 bits per heavy atom. The van der Waals surface area contributed by atoms with Gasteiger partial charge in [0.05, 0.1) is 18.3 Å². The molecular weight excluding hydrogens is 358 g/mol. The van der Waals surface area contributed by atoms with Crippen LogP contribution in [-0.2, 0) is 4.79 Å². The van der Waals surface area contributed by atoms with Gasteiger partial charge in [-0.15, -0.1) is 5.10 Å². The summed E-state index contributed by atoms with van der Waals surface area (Å²) in [4.78, 5) is 31.0. The smallest absolute Gasteiger partial charge is 0.276 e. The molecule has 2 fully saturated rings. The monoisotopic (exact) mass is 391 g/mol. The lowest BCUT2D eigenvalue weighted by Crippen LogP contribution is -2.51. The summed E-state index contributed by atoms with van der Waals surface area (Å²) in [6, 6.07) is 0.318. The molecule has 1 N–H and O–H groups in total. The Balaban J connectivity index is 1.55. The van der Waals surface area contributed by atoms with E-state index in [-0.39, 0.29) is 11.8 Å². The predicted molar refractivity (Wildman–Crippen MR) is 106 cm³/mol. The van der Waals surface area contributed by atoms with Crippen molar-refractivity contribution >= 4 is 11.8 Å². The van der Waals surface area contributed by atoms with E-state index in [9.17, 15) is 9.59 Å². The minimum atomic E-state index is -0.0487. The molecule has 9 heteroatoms. The van der Waals surface area contributed by atoms with Gasteiger partial charge in [-0.25, -0.2) is 4.68 Å². The van der Waals surface area contributed by atoms with Crippen molar-refractivity contribution < 1.29 is 9.59 Å². The maximum atomic E-state index is 13.0. The molecule has 156 valence electrons. The Morgan fingerprint density at radius 3 is 2.36 bits per heavy atom. The fraction of sp³-hybridized carbons (Fsp3) is 0.789. The van der Waals surface area contributed by atoms with Gasteiger partial charge in [0.2, 0.25) is 5.91 Å². The quantitative estimate of drug-likeness (QED) is 0.742. The third-order valence-corrected chi connectivity index (χ3v) is 5.92. The van der Waals surface area contributed by atoms with E-state index in [4.69, 9.17) is 0 Å². The molecule has 1 aromatic heterocycles. The molecule has 0 unspecified atom stereocenters. The van der Waals surface area contributed by atoms with Gasteiger partial charge in [0, 0.05) is 39.3 Å². The average Bonchev–Trinajstić information content (AvgIpc) is 3.11. The van der Waals surface area contributed by atoms with Crippen molar-refractivity contribution in [2.24, 2.45) is 0 Å². The number of carbonyl (C=O) groups is 2. The van der Waals surface area contributed by atoms with Crippen molar-refractivity contribution in [1.29, 1.82) is 0 Å². The lowest BCUT2D eigenvalue weighted by Gasteiger charge is -2.35. The van der Waals surface area contributed by atoms with Crippen LogP contribution in [0.25, 0.3) is 0 Å². The fourth-order valence-electron chi connectivity index (χ4n) is 4.06. The van der Waals surface area contributed by atoms with E-state index in [0.29, 0.717) is 44.5 Å². The highest BCUT2D eigenvalue weighted by Gasteiger charge is 2.29. The molecule has 0 aliphatic carbocycles. The molecule has 0 bridgehead atoms. The van der Waals surface area contributed by atoms with Crippen LogP contribution in [0.5, 0.6) is 0 Å². The Bertz CT molecular complexity index is 672. The maximum absolute atomic E-state index is 13.0. The number of piperazine rings is 1. The van der Waals surface area contributed by atoms with Crippen LogP contribution in [0.2, 0.25) is 0 Å². The highest BCUT2D eigenvalue weighted by atomic mass is 16.2. The first-order valence-corrected chi connectivity index (χ1v) is 10.5. The summed E-state index contributed by atoms with van der Waals surface area (Å²) in [7, 11) is 0. The number of aromatic nitrogens is 3. The van der Waals surface area contributed by atoms with E-state index >= 15 is 0 Å². The number of rotatable bonds is 6. The molecule has 2 amide bonds. The number of hydrogen-bond acceptors (Lipinski definition) is 6. The van der Waals surface area contributed by atoms with E-state index in [1.165, 1.54) is 0 Å². The molecular formula is C19H33N7O2. The summed E-state index contributed by atoms with van der Waals surface area (Å²) in [6.45, 7) is 12.4. The number of likely N-dealkylation sites (N-methyl/N-ethyl adjacent to an activating group) is 1. The molecule has 28 heavy (non-hydrogen) atoms. The van der Waals surface area contributed by atoms with E-state index in [1.54, 1.807) is 0 Å². The van der Waals surface area contributed by atoms with Crippen LogP contribution < -0.4 is 5.32 Å². The van der Waals surface area contributed by atoms with E-state index in [1.807, 2.05) is 35.3 Å². The first kappa shape index (κ1) is 20.7. The van der Waals surface area contributed by atoms with Crippen molar-refractivity contribution in [3.8, 4) is 0 Å². The van der Waals surface area contributed by atoms with Gasteiger partial charge < -0.3 is 15.1 Å². The van der Waals surface area contributed by atoms with E-state index in [2.05, 4.69) is 20.5 Å². The number of hydrogen-bond donors (Lipinski definition) is 1. The van der Waals surface area contributed by atoms with Crippen molar-refractivity contribution in [3.63, 3.8) is 0 Å². The highest BCUT2D eigenvalue weighted by molar-refractivity contribution is 5.93. The molecule has 0 atom stereocenters. The molecule has 2 aliphatic rings. The zero-order valence-electron chi connectivity index (χ0n) is 17.4. The molecule has 1 aromatic rings. The fourth-order valence-corrected chi connectivity index (χ4v) is 4.06. The van der Waals surface area contributed by atoms with Crippen LogP contribution in [0, 0.1) is 6.92 Å². The van der Waals surface area contributed by atoms with Gasteiger partial charge in [0.1, 0.15) is 0 Å². The normalized spacial score (nSPS) is 19.0. The minimum absolute atomic E-state index is 0.0487. The number of nitrogens with one attached hydrogen (secondary N) is 1. The van der Waals surface area contributed by atoms with Crippen LogP contribution in [0.1, 0.15) is 48.9 Å². The Labute approximate surface area is 167 Å². The average molecular weight is 392 g/mol. The third kappa shape index (κ3) is 4.52. The molecule has 2 saturated heterocycles. The van der Waals surface area contributed by atoms with Gasteiger partial charge in [0.25, 0.3) is 5.91 Å². The second-order valence-corrected chi connectivity index (χ2v) is 7.58. The van der Waals surface area contributed by atoms with Crippen LogP contribution in [-0.4, -0.2) is 100 Å². The Hall–Kier alpha value is -2.00. The van der Waals surface area contributed by atoms with Crippen molar-refractivity contribution in [2.75, 3.05) is 58.9 Å². The Morgan fingerprint density at radius 1 is 1.11 bits per heavy atom. The topological polar surface area (TPSA) is 86.6 Å². The highest BCUT2D eigenvalue weighted by Crippen LogP contribution is 2.21. The molecule has 0 saturated carbocycles. The lowest BCUT2D eigenvalue weighted by atomic mass is 10.1. The standard InChI is InChI=1S/C19H33N7O2/c1-4-24(5-2)17(27)14-23-10-12-25(13-11-23)19(28)18-15(3)26(22-21-18)16-6-8-20-9-7-16/h16,20H,4-14H2,1-3H3. The SMILES string of the molecule is CCN(CC)C(=O)CN1CCN(C(=O)c2nnn(C3CCNCC3)c2C)CC1. The first-order chi connectivity index (χ1) is 13.5. The van der Waals surface area contributed by atoms with Crippen LogP contribution in [0.15, 0.2) is 0 Å². The first-order valence-electron chi connectivity index (χ1n) is 10.5. The molecule has 9 nitrogen and oxygen atoms in total. The maximum Gasteiger partial charge on any atom is 0.276 e. The summed E-state index contributed by atoms with van der Waals surface area (Å²) in [5, 5.41) is 11.8. The zero-order chi connectivity index (χ0) is 20.1. The van der Waals surface area contributed by atoms with Crippen molar-refractivity contribution in [1.82, 2.24) is 35.0 Å². The molecule has 3 heterocycles. The van der Waals surface area contributed by atoms with Gasteiger partial charge in [-0.3, -0.25) is 14.5 Å². The van der Waals surface area contributed by atoms with Crippen LogP contribution >= 0.6 is 0 Å². The lowest BCUT2D eigenvalue weighted by molar-refractivity contribution is -0.132. The molecule has 2 aliphatic heterocycles. The van der Waals surface area contributed by atoms with E-state index in [0.717, 1.165) is 44.7 Å². The summed E-state index contributed by atoms with van der Waals surface area (Å²) in [5.41, 5.74) is 1.32. The molecule has 0 radical (unpaired) electrons. The zero-order valence-corrected chi connectivity index (χ0v) is 17.4. The minimum Gasteiger partial charge on any atom is -0.342 e. The molecule has 0 aromatic carbocycles. The van der Waals surface area contributed by atoms with Crippen LogP contribution in [0.3, 0.4) is 0 Å². The number of nitrogens with zero attached hydrogens (tertiary/aromatic N) is 6. The summed E-state index contributed by atoms with van der Waals surface area (Å²) >= 11 is 0. The largest absolute Gasteiger partial charge is 0.342 e. The molecule has 0 spiro atoms. The second-order valence-electron chi connectivity index (χ2n) is 7.58. The van der Waals surface area contributed by atoms with Gasteiger partial charge in [-0.05, 0) is 46.7 Å². The van der Waals surface area contributed by atoms with Gasteiger partial charge in [0.15, 0.2) is 5.69 Å². The predicted octanol–water partition coefficient (Wildman–Crippen LogP) is 0.137. The number of piperidine rings is 1. The van der Waals surface area contributed by atoms with Crippen molar-refractivity contribution in [2.45, 2.75) is 39.7 Å². The second kappa shape index (κ2) is 9.47. The summed E-state index contributed by atoms with van der Waals surface area (Å²) < 4.78 is 1.92. The third-order valence-electron chi connectivity index (χ3n) is 5.92. The summed E-state index contributed by atoms with van der Waals surface area (Å²) in [5.74, 6) is 0.109. The van der Waals surface area contributed by atoms with Crippen LogP contribution in [0.4, 0.5) is 0 Å². The van der Waals surface area contributed by atoms with Gasteiger partial charge in [-0.1, -0.05) is 5.21 Å². The summed E-state index contributed by atoms with van der Waals surface area (Å²) in [6.07, 6.45) is 2.02. The number of carbonyl (C=O) groups excluding carboxylic acids is 2.